The first kappa shape index (κ1) is 33.9. The highest BCUT2D eigenvalue weighted by Gasteiger charge is 2.23. The molecule has 41 heavy (non-hydrogen) atoms. The van der Waals surface area contributed by atoms with E-state index < -0.39 is 24.1 Å². The third-order valence-electron chi connectivity index (χ3n) is 6.71. The van der Waals surface area contributed by atoms with E-state index in [2.05, 4.69) is 75.5 Å². The molecule has 0 saturated heterocycles. The molecule has 224 valence electrons. The van der Waals surface area contributed by atoms with Gasteiger partial charge < -0.3 is 29.2 Å². The largest absolute Gasteiger partial charge is 0.460 e. The first-order chi connectivity index (χ1) is 19.4. The number of ether oxygens (including phenoxy) is 4. The number of carbonyl (C=O) groups excluding carboxylic acids is 2. The van der Waals surface area contributed by atoms with Gasteiger partial charge in [-0.25, -0.2) is 9.59 Å². The monoisotopic (exact) mass is 568 g/mol. The normalized spacial score (nSPS) is 14.4. The molecular weight excluding hydrogens is 524 g/mol. The lowest BCUT2D eigenvalue weighted by Gasteiger charge is -2.27. The van der Waals surface area contributed by atoms with Gasteiger partial charge in [0.05, 0.1) is 25.4 Å². The van der Waals surface area contributed by atoms with Gasteiger partial charge >= 0.3 is 11.9 Å². The summed E-state index contributed by atoms with van der Waals surface area (Å²) in [6, 6.07) is 16.9. The van der Waals surface area contributed by atoms with Crippen LogP contribution in [0, 0.1) is 0 Å². The van der Waals surface area contributed by atoms with Crippen LogP contribution in [0.5, 0.6) is 0 Å². The SMILES string of the molecule is C=CC(=O)OCC(O)COC(C)Cc1ccc(C(C)(C)c2ccc(CC(C)OCC(O)COC(=O)C=C)cc2)cc1. The van der Waals surface area contributed by atoms with E-state index in [-0.39, 0.29) is 44.1 Å². The van der Waals surface area contributed by atoms with Gasteiger partial charge in [-0.05, 0) is 48.9 Å². The third kappa shape index (κ3) is 12.0. The van der Waals surface area contributed by atoms with Crippen molar-refractivity contribution in [2.24, 2.45) is 0 Å². The summed E-state index contributed by atoms with van der Waals surface area (Å²) in [6.45, 7) is 14.8. The quantitative estimate of drug-likeness (QED) is 0.204. The highest BCUT2D eigenvalue weighted by molar-refractivity contribution is 5.81. The van der Waals surface area contributed by atoms with Gasteiger partial charge in [0.2, 0.25) is 0 Å². The predicted octanol–water partition coefficient (Wildman–Crippen LogP) is 4.09. The van der Waals surface area contributed by atoms with Crippen molar-refractivity contribution in [2.75, 3.05) is 26.4 Å². The van der Waals surface area contributed by atoms with E-state index in [4.69, 9.17) is 18.9 Å². The minimum Gasteiger partial charge on any atom is -0.460 e. The molecule has 2 rings (SSSR count). The molecule has 0 amide bonds. The molecule has 0 aliphatic carbocycles. The van der Waals surface area contributed by atoms with Crippen LogP contribution in [-0.4, -0.2) is 73.0 Å². The van der Waals surface area contributed by atoms with Gasteiger partial charge in [-0.15, -0.1) is 0 Å². The molecular formula is C33H44O8. The van der Waals surface area contributed by atoms with Crippen LogP contribution in [0.15, 0.2) is 73.8 Å². The Kier molecular flexibility index (Phi) is 13.9. The number of aliphatic hydroxyl groups is 2. The summed E-state index contributed by atoms with van der Waals surface area (Å²) in [4.78, 5) is 22.2. The van der Waals surface area contributed by atoms with Crippen LogP contribution in [0.4, 0.5) is 0 Å². The predicted molar refractivity (Wildman–Crippen MR) is 158 cm³/mol. The molecule has 0 saturated carbocycles. The Hall–Kier alpha value is -3.30. The molecule has 8 nitrogen and oxygen atoms in total. The van der Waals surface area contributed by atoms with E-state index >= 15 is 0 Å². The summed E-state index contributed by atoms with van der Waals surface area (Å²) in [5.41, 5.74) is 4.41. The second-order valence-electron chi connectivity index (χ2n) is 10.7. The Morgan fingerprint density at radius 2 is 1.05 bits per heavy atom. The van der Waals surface area contributed by atoms with Crippen LogP contribution in [0.2, 0.25) is 0 Å². The van der Waals surface area contributed by atoms with Crippen molar-refractivity contribution >= 4 is 11.9 Å². The van der Waals surface area contributed by atoms with E-state index in [0.717, 1.165) is 23.3 Å². The van der Waals surface area contributed by atoms with Gasteiger partial charge in [0, 0.05) is 17.6 Å². The zero-order valence-corrected chi connectivity index (χ0v) is 24.6. The molecule has 0 heterocycles. The van der Waals surface area contributed by atoms with Crippen molar-refractivity contribution < 1.29 is 38.7 Å². The molecule has 0 aliphatic heterocycles. The van der Waals surface area contributed by atoms with Crippen LogP contribution < -0.4 is 0 Å². The standard InChI is InChI=1S/C33H44O8/c1-7-31(36)40-21-29(34)19-38-23(3)17-25-9-13-27(14-10-25)33(5,6)28-15-11-26(12-16-28)18-24(4)39-20-30(35)22-41-32(37)8-2/h7-16,23-24,29-30,34-35H,1-2,17-22H2,3-6H3. The number of hydrogen-bond acceptors (Lipinski definition) is 8. The van der Waals surface area contributed by atoms with Crippen LogP contribution >= 0.6 is 0 Å². The highest BCUT2D eigenvalue weighted by Crippen LogP contribution is 2.32. The Labute approximate surface area is 243 Å². The average molecular weight is 569 g/mol. The molecule has 0 aliphatic rings. The van der Waals surface area contributed by atoms with Gasteiger partial charge in [0.15, 0.2) is 0 Å². The molecule has 0 aromatic heterocycles. The first-order valence-electron chi connectivity index (χ1n) is 13.8. The number of rotatable bonds is 18. The fourth-order valence-corrected chi connectivity index (χ4v) is 4.18. The van der Waals surface area contributed by atoms with Crippen molar-refractivity contribution in [3.05, 3.63) is 96.1 Å². The van der Waals surface area contributed by atoms with Gasteiger partial charge in [-0.2, -0.15) is 0 Å². The number of esters is 2. The maximum atomic E-state index is 11.1. The maximum Gasteiger partial charge on any atom is 0.330 e. The van der Waals surface area contributed by atoms with Gasteiger partial charge in [0.1, 0.15) is 25.4 Å². The zero-order valence-electron chi connectivity index (χ0n) is 24.6. The van der Waals surface area contributed by atoms with Crippen molar-refractivity contribution in [3.8, 4) is 0 Å². The Morgan fingerprint density at radius 3 is 1.37 bits per heavy atom. The summed E-state index contributed by atoms with van der Waals surface area (Å²) in [6.07, 6.45) is 1.48. The molecule has 4 atom stereocenters. The molecule has 2 aromatic rings. The number of aliphatic hydroxyl groups excluding tert-OH is 2. The molecule has 8 heteroatoms. The van der Waals surface area contributed by atoms with Crippen molar-refractivity contribution in [3.63, 3.8) is 0 Å². The third-order valence-corrected chi connectivity index (χ3v) is 6.71. The van der Waals surface area contributed by atoms with Crippen molar-refractivity contribution in [1.29, 1.82) is 0 Å². The Morgan fingerprint density at radius 1 is 0.707 bits per heavy atom. The minimum atomic E-state index is -0.889. The number of carbonyl (C=O) groups is 2. The number of hydrogen-bond donors (Lipinski definition) is 2. The highest BCUT2D eigenvalue weighted by atomic mass is 16.6. The fraction of sp³-hybridized carbons (Fsp3) is 0.455. The van der Waals surface area contributed by atoms with E-state index in [9.17, 15) is 19.8 Å². The fourth-order valence-electron chi connectivity index (χ4n) is 4.18. The summed E-state index contributed by atoms with van der Waals surface area (Å²) in [5, 5.41) is 19.8. The second-order valence-corrected chi connectivity index (χ2v) is 10.7. The molecule has 2 aromatic carbocycles. The summed E-state index contributed by atoms with van der Waals surface area (Å²) in [7, 11) is 0. The van der Waals surface area contributed by atoms with Gasteiger partial charge in [-0.1, -0.05) is 75.5 Å². The lowest BCUT2D eigenvalue weighted by atomic mass is 9.77. The number of benzene rings is 2. The lowest BCUT2D eigenvalue weighted by molar-refractivity contribution is -0.143. The first-order valence-corrected chi connectivity index (χ1v) is 13.8. The molecule has 0 radical (unpaired) electrons. The van der Waals surface area contributed by atoms with Crippen LogP contribution in [0.25, 0.3) is 0 Å². The summed E-state index contributed by atoms with van der Waals surface area (Å²) < 4.78 is 21.1. The van der Waals surface area contributed by atoms with E-state index in [1.165, 1.54) is 11.1 Å². The summed E-state index contributed by atoms with van der Waals surface area (Å²) >= 11 is 0. The van der Waals surface area contributed by atoms with E-state index in [1.54, 1.807) is 0 Å². The molecule has 0 bridgehead atoms. The summed E-state index contributed by atoms with van der Waals surface area (Å²) in [5.74, 6) is -1.15. The molecule has 0 fully saturated rings. The van der Waals surface area contributed by atoms with E-state index in [1.807, 2.05) is 13.8 Å². The Bertz CT molecular complexity index is 1020. The smallest absolute Gasteiger partial charge is 0.330 e. The molecule has 2 N–H and O–H groups in total. The van der Waals surface area contributed by atoms with Crippen LogP contribution in [0.1, 0.15) is 49.9 Å². The van der Waals surface area contributed by atoms with Gasteiger partial charge in [-0.3, -0.25) is 0 Å². The average Bonchev–Trinajstić information content (AvgIpc) is 2.96. The maximum absolute atomic E-state index is 11.1. The molecule has 0 spiro atoms. The van der Waals surface area contributed by atoms with Crippen LogP contribution in [0.3, 0.4) is 0 Å². The van der Waals surface area contributed by atoms with Crippen LogP contribution in [-0.2, 0) is 46.8 Å². The minimum absolute atomic E-state index is 0.0762. The second kappa shape index (κ2) is 16.8. The topological polar surface area (TPSA) is 112 Å². The molecule has 4 unspecified atom stereocenters. The lowest BCUT2D eigenvalue weighted by Crippen LogP contribution is -2.26. The van der Waals surface area contributed by atoms with Crippen molar-refractivity contribution in [2.45, 2.75) is 70.4 Å². The van der Waals surface area contributed by atoms with E-state index in [0.29, 0.717) is 12.8 Å². The van der Waals surface area contributed by atoms with Gasteiger partial charge in [0.25, 0.3) is 0 Å². The zero-order chi connectivity index (χ0) is 30.4. The van der Waals surface area contributed by atoms with Crippen molar-refractivity contribution in [1.82, 2.24) is 0 Å². The Balaban J connectivity index is 1.85.